The van der Waals surface area contributed by atoms with Gasteiger partial charge < -0.3 is 15.7 Å². The molecule has 0 fully saturated rings. The Morgan fingerprint density at radius 1 is 0.692 bits per heavy atom. The third-order valence-corrected chi connectivity index (χ3v) is 6.92. The number of carbonyl (C=O) groups excluding carboxylic acids is 2. The van der Waals surface area contributed by atoms with Gasteiger partial charge in [-0.1, -0.05) is 114 Å². The number of unbranched alkanes of at least 4 members (excludes halogenated alkanes) is 12. The van der Waals surface area contributed by atoms with E-state index in [2.05, 4.69) is 17.6 Å². The van der Waals surface area contributed by atoms with Crippen LogP contribution in [0.3, 0.4) is 0 Å². The Balaban J connectivity index is 1.63. The van der Waals surface area contributed by atoms with Crippen molar-refractivity contribution in [3.63, 3.8) is 0 Å². The van der Waals surface area contributed by atoms with Crippen LogP contribution in [0.25, 0.3) is 0 Å². The topological polar surface area (TPSA) is 95.5 Å². The maximum Gasteiger partial charge on any atom is 0.351 e. The molecule has 1 atom stereocenters. The highest BCUT2D eigenvalue weighted by molar-refractivity contribution is 6.11. The van der Waals surface area contributed by atoms with E-state index in [1.165, 1.54) is 76.3 Å². The normalized spacial score (nSPS) is 12.5. The predicted molar refractivity (Wildman–Crippen MR) is 156 cm³/mol. The molecule has 2 aromatic carbocycles. The van der Waals surface area contributed by atoms with Crippen molar-refractivity contribution in [3.8, 4) is 0 Å². The molecule has 0 saturated carbocycles. The second-order valence-electron chi connectivity index (χ2n) is 10.3. The number of nitrogens with one attached hydrogen (secondary N) is 2. The molecule has 0 aliphatic heterocycles. The van der Waals surface area contributed by atoms with Crippen LogP contribution in [0.1, 0.15) is 102 Å². The molecule has 2 amide bonds. The Labute approximate surface area is 232 Å². The van der Waals surface area contributed by atoms with Crippen LogP contribution in [-0.2, 0) is 20.8 Å². The summed E-state index contributed by atoms with van der Waals surface area (Å²) < 4.78 is 15.2. The zero-order chi connectivity index (χ0) is 28.3. The number of anilines is 2. The van der Waals surface area contributed by atoms with E-state index >= 15 is 4.39 Å². The second kappa shape index (κ2) is 18.1. The van der Waals surface area contributed by atoms with Crippen LogP contribution < -0.4 is 10.6 Å². The quantitative estimate of drug-likeness (QED) is 0.117. The monoisotopic (exact) mass is 540 g/mol. The summed E-state index contributed by atoms with van der Waals surface area (Å²) in [5.74, 6) is -3.18. The van der Waals surface area contributed by atoms with E-state index in [1.54, 1.807) is 42.5 Å². The second-order valence-corrected chi connectivity index (χ2v) is 10.3. The molecule has 6 nitrogen and oxygen atoms in total. The van der Waals surface area contributed by atoms with Gasteiger partial charge in [-0.25, -0.2) is 9.18 Å². The van der Waals surface area contributed by atoms with Crippen LogP contribution in [0.4, 0.5) is 15.8 Å². The molecule has 0 aromatic heterocycles. The number of hydrogen-bond acceptors (Lipinski definition) is 3. The molecule has 0 radical (unpaired) electrons. The molecule has 0 bridgehead atoms. The number of carboxylic acid groups (broad SMARTS) is 1. The van der Waals surface area contributed by atoms with Gasteiger partial charge in [-0.05, 0) is 36.2 Å². The first-order chi connectivity index (χ1) is 18.8. The van der Waals surface area contributed by atoms with Crippen LogP contribution in [0.5, 0.6) is 0 Å². The van der Waals surface area contributed by atoms with Gasteiger partial charge in [0, 0.05) is 24.2 Å². The summed E-state index contributed by atoms with van der Waals surface area (Å²) in [7, 11) is 0. The Morgan fingerprint density at radius 3 is 1.64 bits per heavy atom. The zero-order valence-corrected chi connectivity index (χ0v) is 23.4. The molecule has 0 heterocycles. The molecule has 0 aliphatic carbocycles. The lowest BCUT2D eigenvalue weighted by Crippen LogP contribution is -2.47. The summed E-state index contributed by atoms with van der Waals surface area (Å²) in [6.45, 7) is 2.25. The first-order valence-electron chi connectivity index (χ1n) is 14.5. The average molecular weight is 541 g/mol. The van der Waals surface area contributed by atoms with Crippen molar-refractivity contribution in [2.45, 2.75) is 109 Å². The van der Waals surface area contributed by atoms with Crippen LogP contribution in [0, 0.1) is 0 Å². The minimum Gasteiger partial charge on any atom is -0.478 e. The number of carboxylic acids is 1. The third kappa shape index (κ3) is 12.5. The molecule has 7 heteroatoms. The van der Waals surface area contributed by atoms with Gasteiger partial charge in [0.2, 0.25) is 5.91 Å². The number of benzene rings is 2. The fourth-order valence-electron chi connectivity index (χ4n) is 4.52. The lowest BCUT2D eigenvalue weighted by molar-refractivity contribution is -0.156. The molecular formula is C32H45FN2O4. The SMILES string of the molecule is CCCCCCCCCCCCCCCC(=O)Nc1ccc(NC(=O)C(F)(Cc2ccccc2)C(=O)O)cc1. The highest BCUT2D eigenvalue weighted by atomic mass is 19.1. The van der Waals surface area contributed by atoms with Gasteiger partial charge in [0.25, 0.3) is 11.6 Å². The van der Waals surface area contributed by atoms with Gasteiger partial charge in [-0.2, -0.15) is 0 Å². The standard InChI is InChI=1S/C32H45FN2O4/c1-2-3-4-5-6-7-8-9-10-11-12-13-17-20-29(36)34-27-21-23-28(24-22-27)35-30(37)32(33,31(38)39)25-26-18-15-14-16-19-26/h14-16,18-19,21-24H,2-13,17,20,25H2,1H3,(H,34,36)(H,35,37)(H,38,39). The molecule has 2 rings (SSSR count). The molecule has 0 aliphatic rings. The van der Waals surface area contributed by atoms with Gasteiger partial charge >= 0.3 is 5.97 Å². The molecule has 2 aromatic rings. The largest absolute Gasteiger partial charge is 0.478 e. The maximum absolute atomic E-state index is 15.2. The Morgan fingerprint density at radius 2 is 1.15 bits per heavy atom. The van der Waals surface area contributed by atoms with Crippen molar-refractivity contribution in [3.05, 3.63) is 60.2 Å². The summed E-state index contributed by atoms with van der Waals surface area (Å²) in [4.78, 5) is 36.4. The van der Waals surface area contributed by atoms with Crippen molar-refractivity contribution >= 4 is 29.2 Å². The smallest absolute Gasteiger partial charge is 0.351 e. The lowest BCUT2D eigenvalue weighted by atomic mass is 9.95. The summed E-state index contributed by atoms with van der Waals surface area (Å²) in [6.07, 6.45) is 16.1. The Kier molecular flexibility index (Phi) is 14.9. The van der Waals surface area contributed by atoms with Crippen LogP contribution in [0.15, 0.2) is 54.6 Å². The highest BCUT2D eigenvalue weighted by Crippen LogP contribution is 2.23. The molecular weight excluding hydrogens is 495 g/mol. The average Bonchev–Trinajstić information content (AvgIpc) is 2.92. The summed E-state index contributed by atoms with van der Waals surface area (Å²) in [6, 6.07) is 14.4. The van der Waals surface area contributed by atoms with Crippen LogP contribution in [-0.4, -0.2) is 28.6 Å². The van der Waals surface area contributed by atoms with Gasteiger partial charge in [0.15, 0.2) is 0 Å². The van der Waals surface area contributed by atoms with Gasteiger partial charge in [-0.3, -0.25) is 9.59 Å². The molecule has 39 heavy (non-hydrogen) atoms. The Hall–Kier alpha value is -3.22. The van der Waals surface area contributed by atoms with E-state index in [9.17, 15) is 19.5 Å². The maximum atomic E-state index is 15.2. The van der Waals surface area contributed by atoms with Crippen LogP contribution in [0.2, 0.25) is 0 Å². The minimum atomic E-state index is -3.11. The number of aliphatic carboxylic acids is 1. The van der Waals surface area contributed by atoms with Crippen molar-refractivity contribution in [2.75, 3.05) is 10.6 Å². The molecule has 0 saturated heterocycles. The fourth-order valence-corrected chi connectivity index (χ4v) is 4.52. The molecule has 214 valence electrons. The number of alkyl halides is 1. The third-order valence-electron chi connectivity index (χ3n) is 6.92. The van der Waals surface area contributed by atoms with E-state index in [4.69, 9.17) is 0 Å². The van der Waals surface area contributed by atoms with Gasteiger partial charge in [0.05, 0.1) is 0 Å². The summed E-state index contributed by atoms with van der Waals surface area (Å²) in [5.41, 5.74) is -1.91. The number of carbonyl (C=O) groups is 3. The highest BCUT2D eigenvalue weighted by Gasteiger charge is 2.47. The van der Waals surface area contributed by atoms with Gasteiger partial charge in [0.1, 0.15) is 0 Å². The van der Waals surface area contributed by atoms with E-state index in [-0.39, 0.29) is 11.6 Å². The van der Waals surface area contributed by atoms with Crippen molar-refractivity contribution in [1.82, 2.24) is 0 Å². The Bertz CT molecular complexity index is 997. The lowest BCUT2D eigenvalue weighted by Gasteiger charge is -2.20. The predicted octanol–water partition coefficient (Wildman–Crippen LogP) is 8.08. The first kappa shape index (κ1) is 32.0. The zero-order valence-electron chi connectivity index (χ0n) is 23.4. The van der Waals surface area contributed by atoms with E-state index < -0.39 is 24.0 Å². The van der Waals surface area contributed by atoms with Crippen LogP contribution >= 0.6 is 0 Å². The van der Waals surface area contributed by atoms with E-state index in [0.717, 1.165) is 19.3 Å². The number of rotatable bonds is 20. The number of hydrogen-bond donors (Lipinski definition) is 3. The van der Waals surface area contributed by atoms with E-state index in [1.807, 2.05) is 0 Å². The van der Waals surface area contributed by atoms with Crippen molar-refractivity contribution < 1.29 is 23.9 Å². The van der Waals surface area contributed by atoms with Gasteiger partial charge in [-0.15, -0.1) is 0 Å². The molecule has 0 spiro atoms. The number of amides is 2. The first-order valence-corrected chi connectivity index (χ1v) is 14.5. The van der Waals surface area contributed by atoms with E-state index in [0.29, 0.717) is 17.7 Å². The molecule has 1 unspecified atom stereocenters. The number of halogens is 1. The fraction of sp³-hybridized carbons (Fsp3) is 0.531. The minimum absolute atomic E-state index is 0.0774. The van der Waals surface area contributed by atoms with Crippen molar-refractivity contribution in [1.29, 1.82) is 0 Å². The molecule has 3 N–H and O–H groups in total. The summed E-state index contributed by atoms with van der Waals surface area (Å²) >= 11 is 0. The summed E-state index contributed by atoms with van der Waals surface area (Å²) in [5, 5.41) is 14.6. The van der Waals surface area contributed by atoms with Crippen molar-refractivity contribution in [2.24, 2.45) is 0 Å².